The lowest BCUT2D eigenvalue weighted by molar-refractivity contribution is -0.148. The van der Waals surface area contributed by atoms with Gasteiger partial charge in [-0.3, -0.25) is 24.1 Å². The lowest BCUT2D eigenvalue weighted by Gasteiger charge is -2.41. The van der Waals surface area contributed by atoms with Crippen LogP contribution in [0.3, 0.4) is 0 Å². The number of rotatable bonds is 21. The molecule has 0 radical (unpaired) electrons. The predicted molar refractivity (Wildman–Crippen MR) is 208 cm³/mol. The Morgan fingerprint density at radius 2 is 1.53 bits per heavy atom. The number of benzene rings is 1. The third-order valence-electron chi connectivity index (χ3n) is 11.0. The van der Waals surface area contributed by atoms with Gasteiger partial charge in [-0.25, -0.2) is 0 Å². The third-order valence-corrected chi connectivity index (χ3v) is 11.0. The van der Waals surface area contributed by atoms with Crippen LogP contribution in [0.15, 0.2) is 35.5 Å². The second kappa shape index (κ2) is 21.5. The Morgan fingerprint density at radius 3 is 2.02 bits per heavy atom. The molecular weight excluding hydrogens is 676 g/mol. The van der Waals surface area contributed by atoms with E-state index in [1.165, 1.54) is 0 Å². The highest BCUT2D eigenvalue weighted by Crippen LogP contribution is 2.30. The van der Waals surface area contributed by atoms with Gasteiger partial charge < -0.3 is 29.9 Å². The van der Waals surface area contributed by atoms with Crippen molar-refractivity contribution in [3.63, 3.8) is 0 Å². The van der Waals surface area contributed by atoms with Crippen molar-refractivity contribution >= 4 is 23.6 Å². The highest BCUT2D eigenvalue weighted by Gasteiger charge is 2.43. The second-order valence-corrected chi connectivity index (χ2v) is 15.7. The topological polar surface area (TPSA) is 150 Å². The zero-order valence-corrected chi connectivity index (χ0v) is 34.5. The first-order valence-electron chi connectivity index (χ1n) is 19.2. The third kappa shape index (κ3) is 11.8. The van der Waals surface area contributed by atoms with Crippen LogP contribution in [0.1, 0.15) is 92.7 Å². The normalized spacial score (nSPS) is 19.8. The molecule has 2 rings (SSSR count). The van der Waals surface area contributed by atoms with Gasteiger partial charge in [0.1, 0.15) is 12.1 Å². The number of hydrogen-bond acceptors (Lipinski definition) is 9. The lowest BCUT2D eigenvalue weighted by Crippen LogP contribution is -2.59. The summed E-state index contributed by atoms with van der Waals surface area (Å²) in [7, 11) is 8.54. The average Bonchev–Trinajstić information content (AvgIpc) is 3.60. The summed E-state index contributed by atoms with van der Waals surface area (Å²) in [5.41, 5.74) is 0.711. The quantitative estimate of drug-likeness (QED) is 0.173. The van der Waals surface area contributed by atoms with Gasteiger partial charge in [0.15, 0.2) is 0 Å². The van der Waals surface area contributed by atoms with E-state index >= 15 is 0 Å². The van der Waals surface area contributed by atoms with Crippen LogP contribution in [-0.2, 0) is 28.7 Å². The van der Waals surface area contributed by atoms with Gasteiger partial charge in [0.05, 0.1) is 48.7 Å². The molecule has 13 heteroatoms. The van der Waals surface area contributed by atoms with Crippen LogP contribution in [0.2, 0.25) is 0 Å². The van der Waals surface area contributed by atoms with Crippen molar-refractivity contribution in [3.8, 4) is 0 Å². The summed E-state index contributed by atoms with van der Waals surface area (Å²) in [6.45, 7) is 15.9. The smallest absolute Gasteiger partial charge is 0.245 e. The molecular formula is C40H68N6O7. The molecule has 0 spiro atoms. The molecule has 2 N–H and O–H groups in total. The summed E-state index contributed by atoms with van der Waals surface area (Å²) < 4.78 is 11.9. The van der Waals surface area contributed by atoms with Crippen molar-refractivity contribution in [3.05, 3.63) is 40.8 Å². The standard InChI is InChI=1S/C40H68N6O7/c1-14-26(6)36(45(11)40(50)33(24(2)3)42-39(49)35(25(4)5)44(9)10)31(52-12)23-32(47)46-22-18-21-30(46)37(53-13)27(7)38(48)41-28(8)34(43-51)29-19-16-15-17-20-29/h15-17,19-20,24-28,30-31,33-37H,14,18,21-23H2,1-13H3,(H,41,48)(H,42,49)/t26-,27+,28?,30?,31?,33-,34?,35-,36?,37+/m0/s1. The van der Waals surface area contributed by atoms with Crippen molar-refractivity contribution in [1.82, 2.24) is 25.3 Å². The molecule has 53 heavy (non-hydrogen) atoms. The number of nitrogens with one attached hydrogen (secondary N) is 2. The first kappa shape index (κ1) is 45.7. The van der Waals surface area contributed by atoms with Crippen LogP contribution in [0, 0.1) is 28.6 Å². The summed E-state index contributed by atoms with van der Waals surface area (Å²) in [5, 5.41) is 9.27. The summed E-state index contributed by atoms with van der Waals surface area (Å²) in [6.07, 6.45) is 0.929. The van der Waals surface area contributed by atoms with Gasteiger partial charge in [-0.15, -0.1) is 0 Å². The van der Waals surface area contributed by atoms with Crippen LogP contribution < -0.4 is 10.6 Å². The molecule has 1 saturated heterocycles. The zero-order chi connectivity index (χ0) is 40.2. The van der Waals surface area contributed by atoms with Crippen LogP contribution in [0.4, 0.5) is 0 Å². The van der Waals surface area contributed by atoms with Gasteiger partial charge in [-0.05, 0) is 57.2 Å². The number of likely N-dealkylation sites (N-methyl/N-ethyl adjacent to an activating group) is 2. The second-order valence-electron chi connectivity index (χ2n) is 15.7. The molecule has 0 aromatic heterocycles. The number of hydrogen-bond donors (Lipinski definition) is 2. The fourth-order valence-corrected chi connectivity index (χ4v) is 7.94. The number of methoxy groups -OCH3 is 2. The van der Waals surface area contributed by atoms with E-state index in [0.29, 0.717) is 18.5 Å². The van der Waals surface area contributed by atoms with Crippen molar-refractivity contribution in [2.24, 2.45) is 28.8 Å². The average molecular weight is 745 g/mol. The Bertz CT molecular complexity index is 1320. The minimum atomic E-state index is -0.764. The van der Waals surface area contributed by atoms with E-state index < -0.39 is 48.3 Å². The molecule has 1 aliphatic rings. The molecule has 1 aromatic rings. The minimum Gasteiger partial charge on any atom is -0.379 e. The van der Waals surface area contributed by atoms with Crippen molar-refractivity contribution in [1.29, 1.82) is 0 Å². The molecule has 5 unspecified atom stereocenters. The number of ether oxygens (including phenoxy) is 2. The van der Waals surface area contributed by atoms with Gasteiger partial charge in [0, 0.05) is 27.8 Å². The number of carbonyl (C=O) groups excluding carboxylic acids is 4. The molecule has 4 amide bonds. The predicted octanol–water partition coefficient (Wildman–Crippen LogP) is 4.65. The van der Waals surface area contributed by atoms with Crippen molar-refractivity contribution < 1.29 is 28.7 Å². The molecule has 1 aliphatic heterocycles. The Kier molecular flexibility index (Phi) is 18.5. The van der Waals surface area contributed by atoms with E-state index in [1.54, 1.807) is 57.0 Å². The van der Waals surface area contributed by atoms with E-state index in [2.05, 4.69) is 15.8 Å². The van der Waals surface area contributed by atoms with Gasteiger partial charge in [0.2, 0.25) is 23.6 Å². The van der Waals surface area contributed by atoms with Gasteiger partial charge in [-0.1, -0.05) is 90.4 Å². The monoisotopic (exact) mass is 745 g/mol. The molecule has 0 bridgehead atoms. The van der Waals surface area contributed by atoms with E-state index in [-0.39, 0.29) is 53.8 Å². The van der Waals surface area contributed by atoms with Crippen LogP contribution in [-0.4, -0.2) is 123 Å². The Morgan fingerprint density at radius 1 is 0.906 bits per heavy atom. The summed E-state index contributed by atoms with van der Waals surface area (Å²) in [5.74, 6) is -1.68. The molecule has 0 aliphatic carbocycles. The van der Waals surface area contributed by atoms with E-state index in [0.717, 1.165) is 12.8 Å². The zero-order valence-electron chi connectivity index (χ0n) is 34.5. The Hall–Kier alpha value is -3.42. The largest absolute Gasteiger partial charge is 0.379 e. The maximum absolute atomic E-state index is 14.2. The number of nitrogens with zero attached hydrogens (tertiary/aromatic N) is 4. The highest BCUT2D eigenvalue weighted by molar-refractivity contribution is 5.90. The van der Waals surface area contributed by atoms with Gasteiger partial charge in [-0.2, -0.15) is 4.91 Å². The van der Waals surface area contributed by atoms with Crippen molar-refractivity contribution in [2.45, 2.75) is 130 Å². The summed E-state index contributed by atoms with van der Waals surface area (Å²) in [4.78, 5) is 72.4. The number of amides is 4. The molecule has 10 atom stereocenters. The number of carbonyl (C=O) groups is 4. The fraction of sp³-hybridized carbons (Fsp3) is 0.750. The maximum atomic E-state index is 14.2. The number of likely N-dealkylation sites (tertiary alicyclic amines) is 1. The summed E-state index contributed by atoms with van der Waals surface area (Å²) in [6, 6.07) is 5.82. The van der Waals surface area contributed by atoms with Crippen LogP contribution >= 0.6 is 0 Å². The molecule has 300 valence electrons. The lowest BCUT2D eigenvalue weighted by atomic mass is 9.89. The summed E-state index contributed by atoms with van der Waals surface area (Å²) >= 11 is 0. The van der Waals surface area contributed by atoms with Crippen LogP contribution in [0.5, 0.6) is 0 Å². The van der Waals surface area contributed by atoms with Crippen LogP contribution in [0.25, 0.3) is 0 Å². The molecule has 13 nitrogen and oxygen atoms in total. The highest BCUT2D eigenvalue weighted by atomic mass is 16.5. The Balaban J connectivity index is 2.27. The van der Waals surface area contributed by atoms with E-state index in [4.69, 9.17) is 9.47 Å². The van der Waals surface area contributed by atoms with E-state index in [1.807, 2.05) is 78.7 Å². The van der Waals surface area contributed by atoms with Gasteiger partial charge >= 0.3 is 0 Å². The Labute approximate surface area is 318 Å². The molecule has 1 heterocycles. The van der Waals surface area contributed by atoms with Crippen molar-refractivity contribution in [2.75, 3.05) is 41.9 Å². The first-order chi connectivity index (χ1) is 25.0. The SMILES string of the molecule is CC[C@H](C)C(C(CC(=O)N1CCCC1[C@H](OC)[C@@H](C)C(=O)NC(C)C(N=O)c1ccccc1)OC)N(C)C(=O)[C@@H](NC(=O)[C@H](C(C)C)N(C)C)C(C)C. The fourth-order valence-electron chi connectivity index (χ4n) is 7.94. The molecule has 0 saturated carbocycles. The molecule has 1 aromatic carbocycles. The maximum Gasteiger partial charge on any atom is 0.245 e. The minimum absolute atomic E-state index is 0.0200. The van der Waals surface area contributed by atoms with Gasteiger partial charge in [0.25, 0.3) is 0 Å². The first-order valence-corrected chi connectivity index (χ1v) is 19.2. The van der Waals surface area contributed by atoms with E-state index in [9.17, 15) is 24.1 Å². The molecule has 1 fully saturated rings. The number of nitroso groups, excluding NO2 is 1.